The van der Waals surface area contributed by atoms with Gasteiger partial charge in [-0.15, -0.1) is 0 Å². The molecule has 2 aliphatic rings. The predicted molar refractivity (Wildman–Crippen MR) is 128 cm³/mol. The molecule has 7 heteroatoms. The van der Waals surface area contributed by atoms with Gasteiger partial charge in [0.15, 0.2) is 0 Å². The van der Waals surface area contributed by atoms with Gasteiger partial charge in [-0.3, -0.25) is 0 Å². The third-order valence-electron chi connectivity index (χ3n) is 6.19. The Hall–Kier alpha value is -3.61. The number of nitrogens with zero attached hydrogens (tertiary/aromatic N) is 4. The van der Waals surface area contributed by atoms with Crippen molar-refractivity contribution >= 4 is 29.0 Å². The maximum Gasteiger partial charge on any atom is 0.323 e. The molecule has 0 bridgehead atoms. The number of hydrogen-bond acceptors (Lipinski definition) is 5. The number of amides is 2. The predicted octanol–water partition coefficient (Wildman–Crippen LogP) is 4.67. The van der Waals surface area contributed by atoms with E-state index in [-0.39, 0.29) is 6.03 Å². The van der Waals surface area contributed by atoms with Crippen molar-refractivity contribution in [1.82, 2.24) is 9.97 Å². The molecular formula is C25H28N6O. The standard InChI is InChI=1S/C25H28N6O/c32-25(28-20-9-3-1-4-10-20)29-22-11-7-8-19-17-31(15-12-21(19)22)24-16-23(26-18-27-24)30-13-5-2-6-14-30/h1,3-4,7-11,16,18H,2,5-6,12-15,17H2,(H2,28,29,32). The zero-order valence-electron chi connectivity index (χ0n) is 18.1. The molecule has 0 radical (unpaired) electrons. The van der Waals surface area contributed by atoms with Crippen LogP contribution < -0.4 is 20.4 Å². The molecule has 2 aromatic carbocycles. The van der Waals surface area contributed by atoms with Crippen molar-refractivity contribution in [3.05, 3.63) is 72.1 Å². The number of piperidine rings is 1. The van der Waals surface area contributed by atoms with Gasteiger partial charge in [-0.1, -0.05) is 30.3 Å². The van der Waals surface area contributed by atoms with Gasteiger partial charge >= 0.3 is 6.03 Å². The maximum atomic E-state index is 12.5. The molecule has 0 aliphatic carbocycles. The van der Waals surface area contributed by atoms with Gasteiger partial charge in [0.05, 0.1) is 0 Å². The summed E-state index contributed by atoms with van der Waals surface area (Å²) in [5.74, 6) is 1.99. The fourth-order valence-electron chi connectivity index (χ4n) is 4.53. The molecular weight excluding hydrogens is 400 g/mol. The molecule has 0 unspecified atom stereocenters. The summed E-state index contributed by atoms with van der Waals surface area (Å²) in [6, 6.07) is 17.5. The minimum atomic E-state index is -0.228. The highest BCUT2D eigenvalue weighted by atomic mass is 16.2. The van der Waals surface area contributed by atoms with E-state index in [1.54, 1.807) is 6.33 Å². The molecule has 0 atom stereocenters. The van der Waals surface area contributed by atoms with E-state index in [2.05, 4.69) is 42.5 Å². The zero-order valence-corrected chi connectivity index (χ0v) is 18.1. The first-order valence-electron chi connectivity index (χ1n) is 11.3. The molecule has 0 saturated carbocycles. The Morgan fingerprint density at radius 3 is 2.41 bits per heavy atom. The lowest BCUT2D eigenvalue weighted by Crippen LogP contribution is -2.33. The molecule has 0 spiro atoms. The molecule has 164 valence electrons. The SMILES string of the molecule is O=C(Nc1ccccc1)Nc1cccc2c1CCN(c1cc(N3CCCCC3)ncn1)C2. The Kier molecular flexibility index (Phi) is 5.87. The van der Waals surface area contributed by atoms with Crippen LogP contribution in [0.1, 0.15) is 30.4 Å². The molecule has 32 heavy (non-hydrogen) atoms. The van der Waals surface area contributed by atoms with E-state index in [1.165, 1.54) is 30.4 Å². The van der Waals surface area contributed by atoms with Crippen molar-refractivity contribution in [2.75, 3.05) is 40.1 Å². The molecule has 1 aromatic heterocycles. The third kappa shape index (κ3) is 4.51. The van der Waals surface area contributed by atoms with Crippen LogP contribution in [0.3, 0.4) is 0 Å². The lowest BCUT2D eigenvalue weighted by atomic mass is 9.97. The van der Waals surface area contributed by atoms with Gasteiger partial charge in [-0.05, 0) is 55.0 Å². The Morgan fingerprint density at radius 2 is 1.59 bits per heavy atom. The maximum absolute atomic E-state index is 12.5. The van der Waals surface area contributed by atoms with Crippen molar-refractivity contribution in [3.8, 4) is 0 Å². The van der Waals surface area contributed by atoms with Crippen LogP contribution >= 0.6 is 0 Å². The lowest BCUT2D eigenvalue weighted by molar-refractivity contribution is 0.262. The molecule has 1 saturated heterocycles. The molecule has 7 nitrogen and oxygen atoms in total. The van der Waals surface area contributed by atoms with E-state index in [4.69, 9.17) is 0 Å². The highest BCUT2D eigenvalue weighted by Gasteiger charge is 2.22. The first-order valence-corrected chi connectivity index (χ1v) is 11.3. The second kappa shape index (κ2) is 9.26. The van der Waals surface area contributed by atoms with Crippen molar-refractivity contribution in [3.63, 3.8) is 0 Å². The summed E-state index contributed by atoms with van der Waals surface area (Å²) in [6.07, 6.45) is 6.28. The van der Waals surface area contributed by atoms with E-state index in [1.807, 2.05) is 42.5 Å². The molecule has 1 fully saturated rings. The number of anilines is 4. The summed E-state index contributed by atoms with van der Waals surface area (Å²) in [5.41, 5.74) is 4.05. The Labute approximate surface area is 188 Å². The summed E-state index contributed by atoms with van der Waals surface area (Å²) in [4.78, 5) is 26.2. The van der Waals surface area contributed by atoms with Crippen molar-refractivity contribution in [2.24, 2.45) is 0 Å². The van der Waals surface area contributed by atoms with Crippen molar-refractivity contribution in [1.29, 1.82) is 0 Å². The van der Waals surface area contributed by atoms with Crippen LogP contribution in [0.5, 0.6) is 0 Å². The Balaban J connectivity index is 1.29. The van der Waals surface area contributed by atoms with Gasteiger partial charge in [0.1, 0.15) is 18.0 Å². The number of carbonyl (C=O) groups is 1. The van der Waals surface area contributed by atoms with E-state index in [9.17, 15) is 4.79 Å². The van der Waals surface area contributed by atoms with Gasteiger partial charge in [0, 0.05) is 43.6 Å². The zero-order chi connectivity index (χ0) is 21.8. The number of rotatable bonds is 4. The molecule has 2 aliphatic heterocycles. The smallest absolute Gasteiger partial charge is 0.323 e. The Morgan fingerprint density at radius 1 is 0.812 bits per heavy atom. The third-order valence-corrected chi connectivity index (χ3v) is 6.19. The van der Waals surface area contributed by atoms with Crippen molar-refractivity contribution in [2.45, 2.75) is 32.2 Å². The second-order valence-corrected chi connectivity index (χ2v) is 8.34. The summed E-state index contributed by atoms with van der Waals surface area (Å²) in [7, 11) is 0. The van der Waals surface area contributed by atoms with Gasteiger partial charge < -0.3 is 20.4 Å². The average Bonchev–Trinajstić information content (AvgIpc) is 2.85. The van der Waals surface area contributed by atoms with Crippen LogP contribution in [-0.2, 0) is 13.0 Å². The topological polar surface area (TPSA) is 73.4 Å². The molecule has 2 amide bonds. The number of nitrogens with one attached hydrogen (secondary N) is 2. The van der Waals surface area contributed by atoms with Crippen LogP contribution in [0, 0.1) is 0 Å². The van der Waals surface area contributed by atoms with E-state index in [0.717, 1.165) is 55.6 Å². The lowest BCUT2D eigenvalue weighted by Gasteiger charge is -2.32. The van der Waals surface area contributed by atoms with Crippen LogP contribution in [-0.4, -0.2) is 35.6 Å². The summed E-state index contributed by atoms with van der Waals surface area (Å²) >= 11 is 0. The van der Waals surface area contributed by atoms with E-state index in [0.29, 0.717) is 0 Å². The first-order chi connectivity index (χ1) is 15.8. The Bertz CT molecular complexity index is 1080. The monoisotopic (exact) mass is 428 g/mol. The van der Waals surface area contributed by atoms with Crippen molar-refractivity contribution < 1.29 is 4.79 Å². The van der Waals surface area contributed by atoms with Crippen LogP contribution in [0.25, 0.3) is 0 Å². The number of carbonyl (C=O) groups excluding carboxylic acids is 1. The largest absolute Gasteiger partial charge is 0.356 e. The number of aromatic nitrogens is 2. The molecule has 2 N–H and O–H groups in total. The van der Waals surface area contributed by atoms with Gasteiger partial charge in [0.2, 0.25) is 0 Å². The normalized spacial score (nSPS) is 15.8. The minimum Gasteiger partial charge on any atom is -0.356 e. The van der Waals surface area contributed by atoms with Crippen LogP contribution in [0.15, 0.2) is 60.9 Å². The number of benzene rings is 2. The van der Waals surface area contributed by atoms with Gasteiger partial charge in [-0.25, -0.2) is 14.8 Å². The number of para-hydroxylation sites is 1. The van der Waals surface area contributed by atoms with Gasteiger partial charge in [-0.2, -0.15) is 0 Å². The highest BCUT2D eigenvalue weighted by Crippen LogP contribution is 2.30. The van der Waals surface area contributed by atoms with Crippen LogP contribution in [0.2, 0.25) is 0 Å². The molecule has 3 aromatic rings. The summed E-state index contributed by atoms with van der Waals surface area (Å²) in [6.45, 7) is 3.75. The molecule has 3 heterocycles. The summed E-state index contributed by atoms with van der Waals surface area (Å²) in [5, 5.41) is 5.91. The minimum absolute atomic E-state index is 0.228. The van der Waals surface area contributed by atoms with Gasteiger partial charge in [0.25, 0.3) is 0 Å². The number of fused-ring (bicyclic) bond motifs is 1. The van der Waals surface area contributed by atoms with Crippen LogP contribution in [0.4, 0.5) is 27.8 Å². The summed E-state index contributed by atoms with van der Waals surface area (Å²) < 4.78 is 0. The number of hydrogen-bond donors (Lipinski definition) is 2. The average molecular weight is 429 g/mol. The fourth-order valence-corrected chi connectivity index (χ4v) is 4.53. The quantitative estimate of drug-likeness (QED) is 0.632. The second-order valence-electron chi connectivity index (χ2n) is 8.34. The number of urea groups is 1. The highest BCUT2D eigenvalue weighted by molar-refractivity contribution is 6.00. The van der Waals surface area contributed by atoms with E-state index >= 15 is 0 Å². The fraction of sp³-hybridized carbons (Fsp3) is 0.320. The molecule has 5 rings (SSSR count). The first kappa shape index (κ1) is 20.3. The van der Waals surface area contributed by atoms with E-state index < -0.39 is 0 Å².